The molecule has 1 atom stereocenters. The molecule has 0 saturated heterocycles. The van der Waals surface area contributed by atoms with Crippen LogP contribution in [0, 0.1) is 13.8 Å². The highest BCUT2D eigenvalue weighted by Crippen LogP contribution is 2.08. The molecule has 0 fully saturated rings. The predicted molar refractivity (Wildman–Crippen MR) is 56.2 cm³/mol. The lowest BCUT2D eigenvalue weighted by Gasteiger charge is -2.12. The van der Waals surface area contributed by atoms with Crippen molar-refractivity contribution in [1.29, 1.82) is 0 Å². The van der Waals surface area contributed by atoms with Gasteiger partial charge in [-0.3, -0.25) is 5.10 Å². The maximum absolute atomic E-state index is 5.05. The Morgan fingerprint density at radius 3 is 2.71 bits per heavy atom. The summed E-state index contributed by atoms with van der Waals surface area (Å²) in [4.78, 5) is 0. The number of nitrogens with one attached hydrogen (secondary N) is 2. The van der Waals surface area contributed by atoms with Crippen LogP contribution in [-0.4, -0.2) is 30.0 Å². The molecule has 2 N–H and O–H groups in total. The zero-order chi connectivity index (χ0) is 10.6. The summed E-state index contributed by atoms with van der Waals surface area (Å²) in [6, 6.07) is 0.369. The fourth-order valence-corrected chi connectivity index (χ4v) is 1.42. The smallest absolute Gasteiger partial charge is 0.0638 e. The predicted octanol–water partition coefficient (Wildman–Crippen LogP) is 1.15. The van der Waals surface area contributed by atoms with Crippen LogP contribution in [0.3, 0.4) is 0 Å². The number of rotatable bonds is 5. The molecule has 80 valence electrons. The number of aromatic nitrogens is 2. The Hall–Kier alpha value is -0.870. The van der Waals surface area contributed by atoms with Crippen molar-refractivity contribution in [3.05, 3.63) is 17.0 Å². The number of nitrogens with zero attached hydrogens (tertiary/aromatic N) is 1. The molecule has 0 aliphatic heterocycles. The standard InChI is InChI=1S/C10H19N3O/c1-7(6-14-4)11-5-10-8(2)12-13-9(10)3/h7,11H,5-6H2,1-4H3,(H,12,13). The maximum atomic E-state index is 5.05. The highest BCUT2D eigenvalue weighted by molar-refractivity contribution is 5.22. The fraction of sp³-hybridized carbons (Fsp3) is 0.700. The molecular formula is C10H19N3O. The number of aromatic amines is 1. The van der Waals surface area contributed by atoms with E-state index in [2.05, 4.69) is 22.4 Å². The Morgan fingerprint density at radius 1 is 1.50 bits per heavy atom. The number of ether oxygens (including phenoxy) is 1. The van der Waals surface area contributed by atoms with Gasteiger partial charge in [-0.1, -0.05) is 0 Å². The molecule has 1 heterocycles. The topological polar surface area (TPSA) is 49.9 Å². The first kappa shape index (κ1) is 11.2. The molecule has 4 nitrogen and oxygen atoms in total. The first-order valence-corrected chi connectivity index (χ1v) is 4.88. The second-order valence-electron chi connectivity index (χ2n) is 3.65. The summed E-state index contributed by atoms with van der Waals surface area (Å²) in [5.74, 6) is 0. The zero-order valence-corrected chi connectivity index (χ0v) is 9.35. The maximum Gasteiger partial charge on any atom is 0.0638 e. The Balaban J connectivity index is 2.45. The largest absolute Gasteiger partial charge is 0.383 e. The third-order valence-electron chi connectivity index (χ3n) is 2.32. The van der Waals surface area contributed by atoms with E-state index >= 15 is 0 Å². The van der Waals surface area contributed by atoms with Gasteiger partial charge in [-0.25, -0.2) is 0 Å². The quantitative estimate of drug-likeness (QED) is 0.744. The second-order valence-corrected chi connectivity index (χ2v) is 3.65. The van der Waals surface area contributed by atoms with Gasteiger partial charge in [0.05, 0.1) is 12.3 Å². The van der Waals surface area contributed by atoms with Crippen LogP contribution in [0.4, 0.5) is 0 Å². The third-order valence-corrected chi connectivity index (χ3v) is 2.32. The minimum atomic E-state index is 0.369. The van der Waals surface area contributed by atoms with Crippen LogP contribution in [0.2, 0.25) is 0 Å². The molecule has 1 unspecified atom stereocenters. The van der Waals surface area contributed by atoms with Crippen LogP contribution in [-0.2, 0) is 11.3 Å². The minimum absolute atomic E-state index is 0.369. The lowest BCUT2D eigenvalue weighted by molar-refractivity contribution is 0.171. The third kappa shape index (κ3) is 2.82. The normalized spacial score (nSPS) is 13.1. The van der Waals surface area contributed by atoms with E-state index in [0.717, 1.165) is 24.5 Å². The van der Waals surface area contributed by atoms with E-state index in [1.807, 2.05) is 13.8 Å². The lowest BCUT2D eigenvalue weighted by atomic mass is 10.2. The van der Waals surface area contributed by atoms with Gasteiger partial charge < -0.3 is 10.1 Å². The molecule has 0 aliphatic rings. The van der Waals surface area contributed by atoms with E-state index in [-0.39, 0.29) is 0 Å². The van der Waals surface area contributed by atoms with Gasteiger partial charge >= 0.3 is 0 Å². The average Bonchev–Trinajstić information content (AvgIpc) is 2.44. The van der Waals surface area contributed by atoms with Gasteiger partial charge in [-0.15, -0.1) is 0 Å². The minimum Gasteiger partial charge on any atom is -0.383 e. The molecule has 0 aliphatic carbocycles. The first-order valence-electron chi connectivity index (χ1n) is 4.88. The Morgan fingerprint density at radius 2 is 2.21 bits per heavy atom. The Kier molecular flexibility index (Phi) is 4.10. The van der Waals surface area contributed by atoms with Crippen LogP contribution in [0.5, 0.6) is 0 Å². The highest BCUT2D eigenvalue weighted by Gasteiger charge is 2.07. The van der Waals surface area contributed by atoms with Crippen molar-refractivity contribution in [3.8, 4) is 0 Å². The van der Waals surface area contributed by atoms with Crippen molar-refractivity contribution in [2.75, 3.05) is 13.7 Å². The molecule has 0 spiro atoms. The van der Waals surface area contributed by atoms with E-state index in [1.165, 1.54) is 5.56 Å². The van der Waals surface area contributed by atoms with Gasteiger partial charge in [0.25, 0.3) is 0 Å². The summed E-state index contributed by atoms with van der Waals surface area (Å²) >= 11 is 0. The van der Waals surface area contributed by atoms with Gasteiger partial charge in [0.1, 0.15) is 0 Å². The molecule has 0 radical (unpaired) electrons. The van der Waals surface area contributed by atoms with Gasteiger partial charge in [-0.05, 0) is 20.8 Å². The van der Waals surface area contributed by atoms with Gasteiger partial charge in [-0.2, -0.15) is 5.10 Å². The molecule has 1 aromatic heterocycles. The summed E-state index contributed by atoms with van der Waals surface area (Å²) in [5, 5.41) is 10.5. The van der Waals surface area contributed by atoms with Crippen LogP contribution in [0.1, 0.15) is 23.9 Å². The van der Waals surface area contributed by atoms with Crippen molar-refractivity contribution in [1.82, 2.24) is 15.5 Å². The van der Waals surface area contributed by atoms with E-state index in [4.69, 9.17) is 4.74 Å². The van der Waals surface area contributed by atoms with Crippen LogP contribution < -0.4 is 5.32 Å². The van der Waals surface area contributed by atoms with Crippen molar-refractivity contribution in [3.63, 3.8) is 0 Å². The van der Waals surface area contributed by atoms with Crippen LogP contribution >= 0.6 is 0 Å². The number of methoxy groups -OCH3 is 1. The van der Waals surface area contributed by atoms with Gasteiger partial charge in [0.2, 0.25) is 0 Å². The molecule has 0 saturated carbocycles. The zero-order valence-electron chi connectivity index (χ0n) is 9.35. The first-order chi connectivity index (χ1) is 6.65. The molecule has 1 rings (SSSR count). The molecule has 4 heteroatoms. The van der Waals surface area contributed by atoms with Gasteiger partial charge in [0.15, 0.2) is 0 Å². The number of aryl methyl sites for hydroxylation is 2. The number of hydrogen-bond donors (Lipinski definition) is 2. The summed E-state index contributed by atoms with van der Waals surface area (Å²) in [5.41, 5.74) is 3.46. The van der Waals surface area contributed by atoms with E-state index in [9.17, 15) is 0 Å². The fourth-order valence-electron chi connectivity index (χ4n) is 1.42. The van der Waals surface area contributed by atoms with Crippen molar-refractivity contribution >= 4 is 0 Å². The Labute approximate surface area is 85.0 Å². The van der Waals surface area contributed by atoms with E-state index in [1.54, 1.807) is 7.11 Å². The molecule has 14 heavy (non-hydrogen) atoms. The summed E-state index contributed by atoms with van der Waals surface area (Å²) < 4.78 is 5.05. The number of hydrogen-bond acceptors (Lipinski definition) is 3. The van der Waals surface area contributed by atoms with Crippen LogP contribution in [0.25, 0.3) is 0 Å². The van der Waals surface area contributed by atoms with Gasteiger partial charge in [0, 0.05) is 31.0 Å². The van der Waals surface area contributed by atoms with Crippen molar-refractivity contribution in [2.24, 2.45) is 0 Å². The Bertz CT molecular complexity index is 263. The average molecular weight is 197 g/mol. The summed E-state index contributed by atoms with van der Waals surface area (Å²) in [7, 11) is 1.71. The molecule has 0 aromatic carbocycles. The molecule has 0 amide bonds. The summed E-state index contributed by atoms with van der Waals surface area (Å²) in [6.07, 6.45) is 0. The lowest BCUT2D eigenvalue weighted by Crippen LogP contribution is -2.29. The van der Waals surface area contributed by atoms with Crippen molar-refractivity contribution in [2.45, 2.75) is 33.4 Å². The van der Waals surface area contributed by atoms with E-state index in [0.29, 0.717) is 6.04 Å². The monoisotopic (exact) mass is 197 g/mol. The summed E-state index contributed by atoms with van der Waals surface area (Å²) in [6.45, 7) is 7.74. The molecule has 1 aromatic rings. The highest BCUT2D eigenvalue weighted by atomic mass is 16.5. The van der Waals surface area contributed by atoms with Crippen molar-refractivity contribution < 1.29 is 4.74 Å². The molecular weight excluding hydrogens is 178 g/mol. The molecule has 0 bridgehead atoms. The SMILES string of the molecule is COCC(C)NCc1c(C)n[nH]c1C. The van der Waals surface area contributed by atoms with Crippen LogP contribution in [0.15, 0.2) is 0 Å². The second kappa shape index (κ2) is 5.12. The number of H-pyrrole nitrogens is 1. The van der Waals surface area contributed by atoms with E-state index < -0.39 is 0 Å².